The van der Waals surface area contributed by atoms with E-state index < -0.39 is 5.97 Å². The van der Waals surface area contributed by atoms with Crippen molar-refractivity contribution >= 4 is 23.5 Å². The number of benzene rings is 1. The Morgan fingerprint density at radius 1 is 1.14 bits per heavy atom. The molecule has 1 N–H and O–H groups in total. The van der Waals surface area contributed by atoms with Crippen LogP contribution in [0.5, 0.6) is 5.75 Å². The van der Waals surface area contributed by atoms with Gasteiger partial charge in [0.05, 0.1) is 0 Å². The first-order valence-corrected chi connectivity index (χ1v) is 7.09. The third-order valence-corrected chi connectivity index (χ3v) is 3.18. The van der Waals surface area contributed by atoms with Crippen molar-refractivity contribution in [3.8, 4) is 5.75 Å². The minimum atomic E-state index is -0.600. The van der Waals surface area contributed by atoms with E-state index in [1.54, 1.807) is 24.3 Å². The number of carbonyl (C=O) groups is 2. The summed E-state index contributed by atoms with van der Waals surface area (Å²) in [5.74, 6) is -0.0968. The van der Waals surface area contributed by atoms with Crippen molar-refractivity contribution in [1.82, 2.24) is 5.32 Å². The van der Waals surface area contributed by atoms with Crippen molar-refractivity contribution in [3.63, 3.8) is 0 Å². The van der Waals surface area contributed by atoms with Crippen molar-refractivity contribution in [3.05, 3.63) is 29.3 Å². The van der Waals surface area contributed by atoms with Gasteiger partial charge in [-0.1, -0.05) is 25.4 Å². The summed E-state index contributed by atoms with van der Waals surface area (Å²) in [6.45, 7) is 5.33. The number of hydrogen-bond donors (Lipinski definition) is 1. The number of hydrogen-bond acceptors (Lipinski definition) is 4. The Kier molecular flexibility index (Phi) is 7.02. The summed E-state index contributed by atoms with van der Waals surface area (Å²) < 4.78 is 10.0. The molecule has 0 radical (unpaired) electrons. The zero-order chi connectivity index (χ0) is 15.8. The monoisotopic (exact) mass is 313 g/mol. The Bertz CT molecular complexity index is 473. The molecule has 1 rings (SSSR count). The van der Waals surface area contributed by atoms with Gasteiger partial charge in [-0.15, -0.1) is 0 Å². The highest BCUT2D eigenvalue weighted by Crippen LogP contribution is 2.15. The molecule has 0 bridgehead atoms. The molecule has 0 saturated heterocycles. The van der Waals surface area contributed by atoms with Crippen LogP contribution in [0.3, 0.4) is 0 Å². The second-order valence-corrected chi connectivity index (χ2v) is 5.44. The van der Waals surface area contributed by atoms with Crippen LogP contribution < -0.4 is 10.1 Å². The van der Waals surface area contributed by atoms with Crippen LogP contribution in [0.2, 0.25) is 5.02 Å². The van der Waals surface area contributed by atoms with Gasteiger partial charge in [0.25, 0.3) is 5.91 Å². The molecule has 1 aromatic carbocycles. The molecule has 0 unspecified atom stereocenters. The van der Waals surface area contributed by atoms with Gasteiger partial charge in [0, 0.05) is 11.1 Å². The van der Waals surface area contributed by atoms with Crippen LogP contribution >= 0.6 is 11.6 Å². The standard InChI is InChI=1S/C15H20ClNO4/c1-10(2)11(3)17-14(18)8-21-15(19)9-20-13-6-4-12(16)5-7-13/h4-7,10-11H,8-9H2,1-3H3,(H,17,18)/t11-/m0/s1. The highest BCUT2D eigenvalue weighted by molar-refractivity contribution is 6.30. The van der Waals surface area contributed by atoms with Gasteiger partial charge in [-0.3, -0.25) is 4.79 Å². The Morgan fingerprint density at radius 3 is 2.33 bits per heavy atom. The Morgan fingerprint density at radius 2 is 1.76 bits per heavy atom. The second-order valence-electron chi connectivity index (χ2n) is 5.00. The third kappa shape index (κ3) is 6.99. The maximum absolute atomic E-state index is 11.5. The Hall–Kier alpha value is -1.75. The molecule has 116 valence electrons. The minimum absolute atomic E-state index is 0.0292. The molecule has 0 fully saturated rings. The minimum Gasteiger partial charge on any atom is -0.482 e. The smallest absolute Gasteiger partial charge is 0.344 e. The number of amides is 1. The molecule has 21 heavy (non-hydrogen) atoms. The molecule has 6 heteroatoms. The summed E-state index contributed by atoms with van der Waals surface area (Å²) in [4.78, 5) is 23.0. The Labute approximate surface area is 129 Å². The first-order chi connectivity index (χ1) is 9.88. The maximum atomic E-state index is 11.5. The van der Waals surface area contributed by atoms with Gasteiger partial charge in [0.2, 0.25) is 0 Å². The molecule has 0 spiro atoms. The van der Waals surface area contributed by atoms with Crippen LogP contribution in [-0.2, 0) is 14.3 Å². The number of carbonyl (C=O) groups excluding carboxylic acids is 2. The fourth-order valence-corrected chi connectivity index (χ4v) is 1.45. The van der Waals surface area contributed by atoms with E-state index in [1.807, 2.05) is 20.8 Å². The van der Waals surface area contributed by atoms with Crippen LogP contribution in [0.25, 0.3) is 0 Å². The molecule has 0 aliphatic heterocycles. The van der Waals surface area contributed by atoms with E-state index in [4.69, 9.17) is 21.1 Å². The number of esters is 1. The summed E-state index contributed by atoms with van der Waals surface area (Å²) >= 11 is 5.73. The van der Waals surface area contributed by atoms with Crippen LogP contribution in [0.1, 0.15) is 20.8 Å². The predicted octanol–water partition coefficient (Wildman–Crippen LogP) is 2.42. The molecule has 1 aromatic rings. The first kappa shape index (κ1) is 17.3. The predicted molar refractivity (Wildman–Crippen MR) is 80.3 cm³/mol. The normalized spacial score (nSPS) is 11.9. The van der Waals surface area contributed by atoms with E-state index in [2.05, 4.69) is 5.32 Å². The van der Waals surface area contributed by atoms with Crippen molar-refractivity contribution in [2.45, 2.75) is 26.8 Å². The molecule has 1 atom stereocenters. The number of rotatable bonds is 7. The van der Waals surface area contributed by atoms with Crippen molar-refractivity contribution in [2.24, 2.45) is 5.92 Å². The van der Waals surface area contributed by atoms with Crippen molar-refractivity contribution < 1.29 is 19.1 Å². The van der Waals surface area contributed by atoms with E-state index in [0.29, 0.717) is 16.7 Å². The highest BCUT2D eigenvalue weighted by atomic mass is 35.5. The molecule has 0 saturated carbocycles. The number of ether oxygens (including phenoxy) is 2. The van der Waals surface area contributed by atoms with Gasteiger partial charge in [-0.2, -0.15) is 0 Å². The van der Waals surface area contributed by atoms with E-state index >= 15 is 0 Å². The molecule has 0 aliphatic carbocycles. The summed E-state index contributed by atoms with van der Waals surface area (Å²) in [7, 11) is 0. The maximum Gasteiger partial charge on any atom is 0.344 e. The lowest BCUT2D eigenvalue weighted by Crippen LogP contribution is -2.39. The van der Waals surface area contributed by atoms with Gasteiger partial charge in [-0.25, -0.2) is 4.79 Å². The summed E-state index contributed by atoms with van der Waals surface area (Å²) in [5, 5.41) is 3.33. The SMILES string of the molecule is CC(C)[C@H](C)NC(=O)COC(=O)COc1ccc(Cl)cc1. The molecule has 1 amide bonds. The largest absolute Gasteiger partial charge is 0.482 e. The van der Waals surface area contributed by atoms with E-state index in [9.17, 15) is 9.59 Å². The van der Waals surface area contributed by atoms with Crippen LogP contribution in [0, 0.1) is 5.92 Å². The molecule has 0 aromatic heterocycles. The van der Waals surface area contributed by atoms with Gasteiger partial charge >= 0.3 is 5.97 Å². The van der Waals surface area contributed by atoms with E-state index in [1.165, 1.54) is 0 Å². The highest BCUT2D eigenvalue weighted by Gasteiger charge is 2.13. The van der Waals surface area contributed by atoms with E-state index in [0.717, 1.165) is 0 Å². The number of halogens is 1. The molecule has 0 aliphatic rings. The zero-order valence-corrected chi connectivity index (χ0v) is 13.1. The molecular formula is C15H20ClNO4. The molecule has 0 heterocycles. The van der Waals surface area contributed by atoms with Gasteiger partial charge < -0.3 is 14.8 Å². The molecular weight excluding hydrogens is 294 g/mol. The quantitative estimate of drug-likeness (QED) is 0.785. The summed E-state index contributed by atoms with van der Waals surface area (Å²) in [6.07, 6.45) is 0. The van der Waals surface area contributed by atoms with Crippen LogP contribution in [0.15, 0.2) is 24.3 Å². The second kappa shape index (κ2) is 8.52. The lowest BCUT2D eigenvalue weighted by Gasteiger charge is -2.17. The van der Waals surface area contributed by atoms with Crippen LogP contribution in [0.4, 0.5) is 0 Å². The average Bonchev–Trinajstić information content (AvgIpc) is 2.44. The average molecular weight is 314 g/mol. The lowest BCUT2D eigenvalue weighted by molar-refractivity contribution is -0.150. The van der Waals surface area contributed by atoms with Gasteiger partial charge in [0.1, 0.15) is 5.75 Å². The topological polar surface area (TPSA) is 64.6 Å². The van der Waals surface area contributed by atoms with Crippen LogP contribution in [-0.4, -0.2) is 31.1 Å². The van der Waals surface area contributed by atoms with E-state index in [-0.39, 0.29) is 25.2 Å². The number of nitrogens with one attached hydrogen (secondary N) is 1. The fraction of sp³-hybridized carbons (Fsp3) is 0.467. The third-order valence-electron chi connectivity index (χ3n) is 2.92. The summed E-state index contributed by atoms with van der Waals surface area (Å²) in [5.41, 5.74) is 0. The fourth-order valence-electron chi connectivity index (χ4n) is 1.32. The zero-order valence-electron chi connectivity index (χ0n) is 12.4. The molecule has 5 nitrogen and oxygen atoms in total. The van der Waals surface area contributed by atoms with Crippen molar-refractivity contribution in [2.75, 3.05) is 13.2 Å². The first-order valence-electron chi connectivity index (χ1n) is 6.72. The lowest BCUT2D eigenvalue weighted by atomic mass is 10.1. The van der Waals surface area contributed by atoms with Crippen molar-refractivity contribution in [1.29, 1.82) is 0 Å². The van der Waals surface area contributed by atoms with Gasteiger partial charge in [0.15, 0.2) is 13.2 Å². The van der Waals surface area contributed by atoms with Gasteiger partial charge in [-0.05, 0) is 37.1 Å². The summed E-state index contributed by atoms with van der Waals surface area (Å²) in [6, 6.07) is 6.63. The Balaban J connectivity index is 2.25.